The first kappa shape index (κ1) is 13.9. The van der Waals surface area contributed by atoms with Gasteiger partial charge in [0.2, 0.25) is 0 Å². The lowest BCUT2D eigenvalue weighted by molar-refractivity contribution is 0.0512. The van der Waals surface area contributed by atoms with Crippen molar-refractivity contribution in [2.75, 3.05) is 0 Å². The van der Waals surface area contributed by atoms with Crippen molar-refractivity contribution in [3.8, 4) is 6.07 Å². The highest BCUT2D eigenvalue weighted by Gasteiger charge is 2.44. The Hall–Kier alpha value is -2.68. The van der Waals surface area contributed by atoms with Crippen molar-refractivity contribution in [2.24, 2.45) is 0 Å². The lowest BCUT2D eigenvalue weighted by Crippen LogP contribution is -2.47. The van der Waals surface area contributed by atoms with Gasteiger partial charge in [-0.25, -0.2) is 0 Å². The second-order valence-electron chi connectivity index (χ2n) is 6.26. The van der Waals surface area contributed by atoms with Crippen LogP contribution in [0.25, 0.3) is 0 Å². The van der Waals surface area contributed by atoms with Crippen LogP contribution >= 0.6 is 0 Å². The minimum atomic E-state index is 0.0777. The van der Waals surface area contributed by atoms with Crippen LogP contribution in [0.5, 0.6) is 0 Å². The molecule has 0 N–H and O–H groups in total. The standard InChI is InChI=1S/C17H17N5O/c18-11-12-1-3-13(4-2-12)17(23)21-14-5-6-15(21)10-16(9-14)22-19-7-8-20-22/h1-4,7-8,14-16H,5-6,9-10H2/t14-,15-/m0/s1. The summed E-state index contributed by atoms with van der Waals surface area (Å²) in [5, 5.41) is 17.4. The van der Waals surface area contributed by atoms with Gasteiger partial charge in [-0.15, -0.1) is 0 Å². The second kappa shape index (κ2) is 5.51. The zero-order valence-electron chi connectivity index (χ0n) is 12.7. The molecule has 116 valence electrons. The van der Waals surface area contributed by atoms with Crippen LogP contribution in [-0.2, 0) is 0 Å². The Morgan fingerprint density at radius 2 is 1.65 bits per heavy atom. The zero-order chi connectivity index (χ0) is 15.8. The van der Waals surface area contributed by atoms with E-state index in [2.05, 4.69) is 16.3 Å². The van der Waals surface area contributed by atoms with Crippen LogP contribution < -0.4 is 0 Å². The fourth-order valence-electron chi connectivity index (χ4n) is 3.92. The van der Waals surface area contributed by atoms with Gasteiger partial charge < -0.3 is 4.90 Å². The number of hydrogen-bond acceptors (Lipinski definition) is 4. The fraction of sp³-hybridized carbons (Fsp3) is 0.412. The molecule has 2 aliphatic rings. The third-order valence-corrected chi connectivity index (χ3v) is 4.97. The largest absolute Gasteiger partial charge is 0.333 e. The van der Waals surface area contributed by atoms with Gasteiger partial charge >= 0.3 is 0 Å². The minimum Gasteiger partial charge on any atom is -0.333 e. The zero-order valence-corrected chi connectivity index (χ0v) is 12.7. The van der Waals surface area contributed by atoms with E-state index in [1.54, 1.807) is 41.5 Å². The van der Waals surface area contributed by atoms with Gasteiger partial charge in [0.05, 0.1) is 30.1 Å². The van der Waals surface area contributed by atoms with E-state index in [1.807, 2.05) is 4.90 Å². The molecule has 0 unspecified atom stereocenters. The first-order valence-electron chi connectivity index (χ1n) is 7.95. The van der Waals surface area contributed by atoms with Crippen LogP contribution in [0.1, 0.15) is 47.6 Å². The van der Waals surface area contributed by atoms with Gasteiger partial charge in [-0.05, 0) is 49.9 Å². The normalized spacial score (nSPS) is 26.0. The number of hydrogen-bond donors (Lipinski definition) is 0. The summed E-state index contributed by atoms with van der Waals surface area (Å²) < 4.78 is 0. The van der Waals surface area contributed by atoms with Crippen molar-refractivity contribution in [2.45, 2.75) is 43.8 Å². The summed E-state index contributed by atoms with van der Waals surface area (Å²) in [5.74, 6) is 0.0777. The van der Waals surface area contributed by atoms with Gasteiger partial charge in [-0.1, -0.05) is 0 Å². The molecule has 1 aromatic carbocycles. The monoisotopic (exact) mass is 307 g/mol. The number of benzene rings is 1. The van der Waals surface area contributed by atoms with E-state index in [9.17, 15) is 4.79 Å². The molecule has 4 rings (SSSR count). The molecule has 2 atom stereocenters. The summed E-state index contributed by atoms with van der Waals surface area (Å²) in [5.41, 5.74) is 1.24. The van der Waals surface area contributed by atoms with Crippen LogP contribution in [0.15, 0.2) is 36.7 Å². The summed E-state index contributed by atoms with van der Waals surface area (Å²) in [6, 6.07) is 9.79. The number of nitrogens with zero attached hydrogens (tertiary/aromatic N) is 5. The Morgan fingerprint density at radius 3 is 2.22 bits per heavy atom. The number of piperidine rings is 1. The van der Waals surface area contributed by atoms with Gasteiger partial charge in [-0.3, -0.25) is 4.79 Å². The number of fused-ring (bicyclic) bond motifs is 2. The number of amides is 1. The Kier molecular flexibility index (Phi) is 3.34. The Labute approximate surface area is 134 Å². The lowest BCUT2D eigenvalue weighted by atomic mass is 9.96. The summed E-state index contributed by atoms with van der Waals surface area (Å²) in [7, 11) is 0. The molecule has 2 aliphatic heterocycles. The Bertz CT molecular complexity index is 732. The van der Waals surface area contributed by atoms with Crippen molar-refractivity contribution >= 4 is 5.91 Å². The van der Waals surface area contributed by atoms with E-state index < -0.39 is 0 Å². The molecule has 0 saturated carbocycles. The molecule has 6 nitrogen and oxygen atoms in total. The molecule has 0 radical (unpaired) electrons. The fourth-order valence-corrected chi connectivity index (χ4v) is 3.92. The van der Waals surface area contributed by atoms with Crippen molar-refractivity contribution in [3.63, 3.8) is 0 Å². The average Bonchev–Trinajstić information content (AvgIpc) is 3.21. The van der Waals surface area contributed by atoms with Gasteiger partial charge in [0.15, 0.2) is 0 Å². The number of rotatable bonds is 2. The van der Waals surface area contributed by atoms with E-state index in [1.165, 1.54) is 0 Å². The molecule has 1 aromatic heterocycles. The lowest BCUT2D eigenvalue weighted by Gasteiger charge is -2.38. The maximum atomic E-state index is 12.9. The molecule has 2 saturated heterocycles. The van der Waals surface area contributed by atoms with Crippen molar-refractivity contribution in [1.29, 1.82) is 5.26 Å². The molecule has 6 heteroatoms. The highest BCUT2D eigenvalue weighted by atomic mass is 16.2. The molecule has 23 heavy (non-hydrogen) atoms. The topological polar surface area (TPSA) is 74.8 Å². The van der Waals surface area contributed by atoms with Crippen LogP contribution in [0, 0.1) is 11.3 Å². The molecular weight excluding hydrogens is 290 g/mol. The highest BCUT2D eigenvalue weighted by molar-refractivity contribution is 5.95. The van der Waals surface area contributed by atoms with Gasteiger partial charge in [0.1, 0.15) is 0 Å². The molecule has 3 heterocycles. The quantitative estimate of drug-likeness (QED) is 0.852. The Balaban J connectivity index is 1.54. The van der Waals surface area contributed by atoms with E-state index in [0.29, 0.717) is 11.1 Å². The molecule has 2 bridgehead atoms. The average molecular weight is 307 g/mol. The second-order valence-corrected chi connectivity index (χ2v) is 6.26. The predicted octanol–water partition coefficient (Wildman–Crippen LogP) is 2.16. The number of carbonyl (C=O) groups is 1. The van der Waals surface area contributed by atoms with Crippen molar-refractivity contribution < 1.29 is 4.79 Å². The molecule has 0 spiro atoms. The van der Waals surface area contributed by atoms with Crippen molar-refractivity contribution in [3.05, 3.63) is 47.8 Å². The summed E-state index contributed by atoms with van der Waals surface area (Å²) in [6.07, 6.45) is 7.32. The Morgan fingerprint density at radius 1 is 1.04 bits per heavy atom. The summed E-state index contributed by atoms with van der Waals surface area (Å²) in [6.45, 7) is 0. The maximum absolute atomic E-state index is 12.9. The molecule has 2 aromatic rings. The smallest absolute Gasteiger partial charge is 0.254 e. The summed E-state index contributed by atoms with van der Waals surface area (Å²) >= 11 is 0. The van der Waals surface area contributed by atoms with Gasteiger partial charge in [0, 0.05) is 17.6 Å². The minimum absolute atomic E-state index is 0.0777. The number of aromatic nitrogens is 3. The molecule has 2 fully saturated rings. The highest BCUT2D eigenvalue weighted by Crippen LogP contribution is 2.41. The first-order valence-corrected chi connectivity index (χ1v) is 7.95. The predicted molar refractivity (Wildman–Crippen MR) is 82.4 cm³/mol. The van der Waals surface area contributed by atoms with Gasteiger partial charge in [0.25, 0.3) is 5.91 Å². The maximum Gasteiger partial charge on any atom is 0.254 e. The van der Waals surface area contributed by atoms with Gasteiger partial charge in [-0.2, -0.15) is 20.3 Å². The first-order chi connectivity index (χ1) is 11.3. The van der Waals surface area contributed by atoms with E-state index in [-0.39, 0.29) is 24.0 Å². The third-order valence-electron chi connectivity index (χ3n) is 4.97. The van der Waals surface area contributed by atoms with E-state index in [0.717, 1.165) is 25.7 Å². The van der Waals surface area contributed by atoms with E-state index >= 15 is 0 Å². The van der Waals surface area contributed by atoms with Crippen LogP contribution in [0.2, 0.25) is 0 Å². The van der Waals surface area contributed by atoms with Crippen LogP contribution in [0.3, 0.4) is 0 Å². The number of nitriles is 1. The number of carbonyl (C=O) groups excluding carboxylic acids is 1. The van der Waals surface area contributed by atoms with Crippen LogP contribution in [-0.4, -0.2) is 37.9 Å². The SMILES string of the molecule is N#Cc1ccc(C(=O)N2[C@H]3CC[C@H]2CC(n2nccn2)C3)cc1. The molecule has 1 amide bonds. The summed E-state index contributed by atoms with van der Waals surface area (Å²) in [4.78, 5) is 16.7. The van der Waals surface area contributed by atoms with Crippen molar-refractivity contribution in [1.82, 2.24) is 19.9 Å². The molecular formula is C17H17N5O. The molecule has 0 aliphatic carbocycles. The van der Waals surface area contributed by atoms with E-state index in [4.69, 9.17) is 5.26 Å². The van der Waals surface area contributed by atoms with Crippen LogP contribution in [0.4, 0.5) is 0 Å². The third kappa shape index (κ3) is 2.38.